The number of rotatable bonds is 8. The Morgan fingerprint density at radius 2 is 1.92 bits per heavy atom. The molecule has 0 amide bonds. The first-order chi connectivity index (χ1) is 11.8. The van der Waals surface area contributed by atoms with Crippen LogP contribution < -0.4 is 10.6 Å². The average molecular weight is 327 g/mol. The molecule has 2 rings (SSSR count). The lowest BCUT2D eigenvalue weighted by atomic mass is 10.0. The zero-order valence-electron chi connectivity index (χ0n) is 15.0. The number of benzene rings is 1. The van der Waals surface area contributed by atoms with Crippen LogP contribution in [0.15, 0.2) is 47.7 Å². The second kappa shape index (κ2) is 9.75. The van der Waals surface area contributed by atoms with E-state index in [2.05, 4.69) is 58.8 Å². The smallest absolute Gasteiger partial charge is 0.190 e. The van der Waals surface area contributed by atoms with Crippen LogP contribution in [0.4, 0.5) is 0 Å². The maximum atomic E-state index is 4.29. The summed E-state index contributed by atoms with van der Waals surface area (Å²) < 4.78 is 1.87. The van der Waals surface area contributed by atoms with Gasteiger partial charge in [-0.05, 0) is 36.1 Å². The quantitative estimate of drug-likeness (QED) is 0.579. The largest absolute Gasteiger partial charge is 0.356 e. The van der Waals surface area contributed by atoms with Crippen molar-refractivity contribution in [2.24, 2.45) is 10.9 Å². The molecule has 130 valence electrons. The van der Waals surface area contributed by atoms with Gasteiger partial charge in [0, 0.05) is 32.5 Å². The Hall–Kier alpha value is -2.30. The lowest BCUT2D eigenvalue weighted by molar-refractivity contribution is 0.481. The predicted octanol–water partition coefficient (Wildman–Crippen LogP) is 3.02. The summed E-state index contributed by atoms with van der Waals surface area (Å²) in [7, 11) is 1.82. The number of nitrogens with one attached hydrogen (secondary N) is 2. The van der Waals surface area contributed by atoms with Crippen LogP contribution in [0.25, 0.3) is 5.69 Å². The van der Waals surface area contributed by atoms with E-state index < -0.39 is 0 Å². The molecule has 0 aliphatic rings. The third kappa shape index (κ3) is 5.41. The summed E-state index contributed by atoms with van der Waals surface area (Å²) in [5, 5.41) is 11.0. The van der Waals surface area contributed by atoms with Crippen LogP contribution in [0.3, 0.4) is 0 Å². The van der Waals surface area contributed by atoms with Crippen molar-refractivity contribution in [3.8, 4) is 5.69 Å². The molecule has 1 heterocycles. The van der Waals surface area contributed by atoms with Crippen molar-refractivity contribution in [3.63, 3.8) is 0 Å². The molecule has 0 aliphatic heterocycles. The molecule has 5 nitrogen and oxygen atoms in total. The van der Waals surface area contributed by atoms with Gasteiger partial charge in [-0.25, -0.2) is 4.68 Å². The fourth-order valence-corrected chi connectivity index (χ4v) is 2.60. The highest BCUT2D eigenvalue weighted by molar-refractivity contribution is 5.79. The van der Waals surface area contributed by atoms with Crippen LogP contribution in [0.5, 0.6) is 0 Å². The first-order valence-corrected chi connectivity index (χ1v) is 8.80. The highest BCUT2D eigenvalue weighted by Crippen LogP contribution is 2.09. The average Bonchev–Trinajstić information content (AvgIpc) is 3.16. The Morgan fingerprint density at radius 1 is 1.17 bits per heavy atom. The van der Waals surface area contributed by atoms with Gasteiger partial charge in [-0.2, -0.15) is 5.10 Å². The van der Waals surface area contributed by atoms with Crippen LogP contribution in [0, 0.1) is 5.92 Å². The molecule has 24 heavy (non-hydrogen) atoms. The van der Waals surface area contributed by atoms with Crippen molar-refractivity contribution >= 4 is 5.96 Å². The number of guanidine groups is 1. The first-order valence-electron chi connectivity index (χ1n) is 8.80. The maximum absolute atomic E-state index is 4.29. The zero-order chi connectivity index (χ0) is 17.2. The van der Waals surface area contributed by atoms with Crippen LogP contribution in [-0.2, 0) is 6.42 Å². The van der Waals surface area contributed by atoms with Gasteiger partial charge in [-0.15, -0.1) is 0 Å². The number of nitrogens with zero attached hydrogens (tertiary/aromatic N) is 3. The van der Waals surface area contributed by atoms with Gasteiger partial charge >= 0.3 is 0 Å². The lowest BCUT2D eigenvalue weighted by Crippen LogP contribution is -2.40. The topological polar surface area (TPSA) is 54.2 Å². The van der Waals surface area contributed by atoms with Crippen LogP contribution in [-0.4, -0.2) is 35.9 Å². The monoisotopic (exact) mass is 327 g/mol. The minimum atomic E-state index is 0.707. The van der Waals surface area contributed by atoms with Crippen molar-refractivity contribution in [3.05, 3.63) is 48.3 Å². The number of aromatic nitrogens is 2. The Bertz CT molecular complexity index is 597. The Kier molecular flexibility index (Phi) is 7.33. The fourth-order valence-electron chi connectivity index (χ4n) is 2.60. The normalized spacial score (nSPS) is 11.8. The SMILES string of the molecule is CCC(CC)CNC(=NC)NCCc1ccc(-n2cccn2)cc1. The summed E-state index contributed by atoms with van der Waals surface area (Å²) in [5.41, 5.74) is 2.38. The van der Waals surface area contributed by atoms with E-state index in [1.54, 1.807) is 6.20 Å². The van der Waals surface area contributed by atoms with Crippen molar-refractivity contribution in [1.29, 1.82) is 0 Å². The molecule has 0 atom stereocenters. The fraction of sp³-hybridized carbons (Fsp3) is 0.474. The van der Waals surface area contributed by atoms with Gasteiger partial charge < -0.3 is 10.6 Å². The Labute approximate surface area is 145 Å². The van der Waals surface area contributed by atoms with E-state index in [4.69, 9.17) is 0 Å². The number of hydrogen-bond donors (Lipinski definition) is 2. The van der Waals surface area contributed by atoms with Crippen LogP contribution >= 0.6 is 0 Å². The minimum Gasteiger partial charge on any atom is -0.356 e. The van der Waals surface area contributed by atoms with Gasteiger partial charge in [0.25, 0.3) is 0 Å². The summed E-state index contributed by atoms with van der Waals surface area (Å²) in [5.74, 6) is 1.59. The van der Waals surface area contributed by atoms with Gasteiger partial charge in [0.1, 0.15) is 0 Å². The standard InChI is InChI=1S/C19H29N5/c1-4-16(5-2)15-22-19(20-3)21-13-11-17-7-9-18(10-8-17)24-14-6-12-23-24/h6-10,12,14,16H,4-5,11,13,15H2,1-3H3,(H2,20,21,22). The summed E-state index contributed by atoms with van der Waals surface area (Å²) in [4.78, 5) is 4.29. The minimum absolute atomic E-state index is 0.707. The summed E-state index contributed by atoms with van der Waals surface area (Å²) in [6.07, 6.45) is 7.10. The van der Waals surface area contributed by atoms with Crippen molar-refractivity contribution in [2.75, 3.05) is 20.1 Å². The van der Waals surface area contributed by atoms with Gasteiger partial charge in [-0.1, -0.05) is 38.8 Å². The molecule has 0 saturated heterocycles. The first kappa shape index (κ1) is 18.0. The molecular weight excluding hydrogens is 298 g/mol. The Morgan fingerprint density at radius 3 is 2.50 bits per heavy atom. The van der Waals surface area contributed by atoms with E-state index in [9.17, 15) is 0 Å². The number of aliphatic imine (C=N–C) groups is 1. The third-order valence-electron chi connectivity index (χ3n) is 4.35. The maximum Gasteiger partial charge on any atom is 0.190 e. The molecular formula is C19H29N5. The zero-order valence-corrected chi connectivity index (χ0v) is 15.0. The lowest BCUT2D eigenvalue weighted by Gasteiger charge is -2.16. The van der Waals surface area contributed by atoms with E-state index in [1.807, 2.05) is 24.0 Å². The highest BCUT2D eigenvalue weighted by Gasteiger charge is 2.04. The van der Waals surface area contributed by atoms with Gasteiger partial charge in [0.15, 0.2) is 5.96 Å². The van der Waals surface area contributed by atoms with E-state index in [0.29, 0.717) is 5.92 Å². The molecule has 0 radical (unpaired) electrons. The Balaban J connectivity index is 1.76. The van der Waals surface area contributed by atoms with Crippen molar-refractivity contribution in [1.82, 2.24) is 20.4 Å². The van der Waals surface area contributed by atoms with Crippen molar-refractivity contribution in [2.45, 2.75) is 33.1 Å². The van der Waals surface area contributed by atoms with Crippen molar-refractivity contribution < 1.29 is 0 Å². The molecule has 2 aromatic rings. The second-order valence-corrected chi connectivity index (χ2v) is 5.93. The molecule has 0 saturated carbocycles. The molecule has 0 bridgehead atoms. The van der Waals surface area contributed by atoms with E-state index in [1.165, 1.54) is 18.4 Å². The highest BCUT2D eigenvalue weighted by atomic mass is 15.3. The molecule has 0 spiro atoms. The summed E-state index contributed by atoms with van der Waals surface area (Å²) in [6.45, 7) is 6.31. The van der Waals surface area contributed by atoms with E-state index >= 15 is 0 Å². The van der Waals surface area contributed by atoms with E-state index in [-0.39, 0.29) is 0 Å². The molecule has 1 aromatic carbocycles. The van der Waals surface area contributed by atoms with Gasteiger partial charge in [0.05, 0.1) is 5.69 Å². The number of hydrogen-bond acceptors (Lipinski definition) is 2. The second-order valence-electron chi connectivity index (χ2n) is 5.93. The molecule has 2 N–H and O–H groups in total. The third-order valence-corrected chi connectivity index (χ3v) is 4.35. The molecule has 0 fully saturated rings. The predicted molar refractivity (Wildman–Crippen MR) is 101 cm³/mol. The van der Waals surface area contributed by atoms with E-state index in [0.717, 1.165) is 31.2 Å². The summed E-state index contributed by atoms with van der Waals surface area (Å²) in [6, 6.07) is 10.4. The molecule has 0 unspecified atom stereocenters. The van der Waals surface area contributed by atoms with Gasteiger partial charge in [-0.3, -0.25) is 4.99 Å². The van der Waals surface area contributed by atoms with Gasteiger partial charge in [0.2, 0.25) is 0 Å². The molecule has 1 aromatic heterocycles. The molecule has 5 heteroatoms. The summed E-state index contributed by atoms with van der Waals surface area (Å²) >= 11 is 0. The molecule has 0 aliphatic carbocycles. The van der Waals surface area contributed by atoms with Crippen LogP contribution in [0.2, 0.25) is 0 Å². The van der Waals surface area contributed by atoms with Crippen LogP contribution in [0.1, 0.15) is 32.3 Å².